The molecule has 0 atom stereocenters. The molecule has 8 heteroatoms. The SMILES string of the molecule is COc1ccc(-n2c(SCC(=O)Nc3c(C)cccc3C)nnc2-c2cccs2)cc1. The van der Waals surface area contributed by atoms with E-state index in [0.29, 0.717) is 5.16 Å². The summed E-state index contributed by atoms with van der Waals surface area (Å²) in [5.74, 6) is 1.67. The molecule has 4 aromatic rings. The molecule has 158 valence electrons. The highest BCUT2D eigenvalue weighted by Gasteiger charge is 2.18. The molecule has 0 radical (unpaired) electrons. The molecular weight excluding hydrogens is 428 g/mol. The van der Waals surface area contributed by atoms with Crippen LogP contribution < -0.4 is 10.1 Å². The van der Waals surface area contributed by atoms with Gasteiger partial charge in [-0.05, 0) is 60.7 Å². The molecule has 1 amide bonds. The first kappa shape index (κ1) is 21.1. The summed E-state index contributed by atoms with van der Waals surface area (Å²) in [5.41, 5.74) is 3.86. The van der Waals surface area contributed by atoms with Crippen molar-refractivity contribution in [1.82, 2.24) is 14.8 Å². The lowest BCUT2D eigenvalue weighted by Gasteiger charge is -2.12. The molecule has 31 heavy (non-hydrogen) atoms. The van der Waals surface area contributed by atoms with Crippen molar-refractivity contribution in [3.63, 3.8) is 0 Å². The number of thioether (sulfide) groups is 1. The maximum absolute atomic E-state index is 12.7. The first-order valence-corrected chi connectivity index (χ1v) is 11.6. The normalized spacial score (nSPS) is 10.8. The fraction of sp³-hybridized carbons (Fsp3) is 0.174. The molecule has 0 spiro atoms. The summed E-state index contributed by atoms with van der Waals surface area (Å²) in [6, 6.07) is 17.7. The quantitative estimate of drug-likeness (QED) is 0.384. The Hall–Kier alpha value is -3.10. The number of thiophene rings is 1. The molecule has 1 N–H and O–H groups in total. The van der Waals surface area contributed by atoms with Crippen molar-refractivity contribution in [3.8, 4) is 22.1 Å². The summed E-state index contributed by atoms with van der Waals surface area (Å²) < 4.78 is 7.25. The first-order valence-electron chi connectivity index (χ1n) is 9.69. The van der Waals surface area contributed by atoms with E-state index in [1.54, 1.807) is 18.4 Å². The summed E-state index contributed by atoms with van der Waals surface area (Å²) in [6.07, 6.45) is 0. The number of hydrogen-bond donors (Lipinski definition) is 1. The largest absolute Gasteiger partial charge is 0.497 e. The minimum absolute atomic E-state index is 0.0793. The minimum atomic E-state index is -0.0793. The number of benzene rings is 2. The molecule has 0 fully saturated rings. The number of methoxy groups -OCH3 is 1. The van der Waals surface area contributed by atoms with E-state index >= 15 is 0 Å². The number of rotatable bonds is 7. The van der Waals surface area contributed by atoms with Gasteiger partial charge in [0.25, 0.3) is 0 Å². The molecule has 6 nitrogen and oxygen atoms in total. The van der Waals surface area contributed by atoms with E-state index < -0.39 is 0 Å². The van der Waals surface area contributed by atoms with Crippen LogP contribution in [0.1, 0.15) is 11.1 Å². The molecule has 4 rings (SSSR count). The Morgan fingerprint density at radius 3 is 2.45 bits per heavy atom. The number of anilines is 1. The second-order valence-corrected chi connectivity index (χ2v) is 8.81. The van der Waals surface area contributed by atoms with Crippen LogP contribution in [-0.2, 0) is 4.79 Å². The lowest BCUT2D eigenvalue weighted by molar-refractivity contribution is -0.113. The average molecular weight is 451 g/mol. The highest BCUT2D eigenvalue weighted by atomic mass is 32.2. The van der Waals surface area contributed by atoms with Crippen LogP contribution in [-0.4, -0.2) is 33.5 Å². The molecular formula is C23H22N4O2S2. The zero-order valence-corrected chi connectivity index (χ0v) is 19.1. The van der Waals surface area contributed by atoms with Gasteiger partial charge < -0.3 is 10.1 Å². The van der Waals surface area contributed by atoms with Gasteiger partial charge in [0.15, 0.2) is 11.0 Å². The Morgan fingerprint density at radius 1 is 1.06 bits per heavy atom. The van der Waals surface area contributed by atoms with Crippen LogP contribution in [0, 0.1) is 13.8 Å². The fourth-order valence-electron chi connectivity index (χ4n) is 3.21. The summed E-state index contributed by atoms with van der Waals surface area (Å²) in [4.78, 5) is 13.7. The number of aromatic nitrogens is 3. The third-order valence-corrected chi connectivity index (χ3v) is 6.58. The topological polar surface area (TPSA) is 69.0 Å². The van der Waals surface area contributed by atoms with E-state index in [-0.39, 0.29) is 11.7 Å². The smallest absolute Gasteiger partial charge is 0.234 e. The standard InChI is InChI=1S/C23H22N4O2S2/c1-15-6-4-7-16(2)21(15)24-20(28)14-31-23-26-25-22(19-8-5-13-30-19)27(23)17-9-11-18(29-3)12-10-17/h4-13H,14H2,1-3H3,(H,24,28). The van der Waals surface area contributed by atoms with Crippen LogP contribution in [0.3, 0.4) is 0 Å². The molecule has 2 heterocycles. The Bertz CT molecular complexity index is 1160. The lowest BCUT2D eigenvalue weighted by atomic mass is 10.1. The van der Waals surface area contributed by atoms with Crippen molar-refractivity contribution < 1.29 is 9.53 Å². The average Bonchev–Trinajstić information content (AvgIpc) is 3.45. The van der Waals surface area contributed by atoms with E-state index in [2.05, 4.69) is 15.5 Å². The Morgan fingerprint density at radius 2 is 1.81 bits per heavy atom. The summed E-state index contributed by atoms with van der Waals surface area (Å²) in [6.45, 7) is 3.98. The van der Waals surface area contributed by atoms with Gasteiger partial charge >= 0.3 is 0 Å². The van der Waals surface area contributed by atoms with Crippen molar-refractivity contribution in [2.24, 2.45) is 0 Å². The van der Waals surface area contributed by atoms with Crippen LogP contribution in [0.15, 0.2) is 65.1 Å². The number of hydrogen-bond acceptors (Lipinski definition) is 6. The van der Waals surface area contributed by atoms with Crippen LogP contribution in [0.25, 0.3) is 16.4 Å². The maximum atomic E-state index is 12.7. The van der Waals surface area contributed by atoms with Crippen molar-refractivity contribution in [2.75, 3.05) is 18.2 Å². The number of ether oxygens (including phenoxy) is 1. The molecule has 0 aliphatic heterocycles. The van der Waals surface area contributed by atoms with Gasteiger partial charge in [0.1, 0.15) is 5.75 Å². The van der Waals surface area contributed by atoms with Crippen LogP contribution in [0.5, 0.6) is 5.75 Å². The van der Waals surface area contributed by atoms with Crippen LogP contribution >= 0.6 is 23.1 Å². The zero-order chi connectivity index (χ0) is 21.8. The van der Waals surface area contributed by atoms with E-state index in [1.165, 1.54) is 11.8 Å². The van der Waals surface area contributed by atoms with Crippen molar-refractivity contribution in [3.05, 3.63) is 71.1 Å². The number of nitrogens with one attached hydrogen (secondary N) is 1. The number of aryl methyl sites for hydroxylation is 2. The highest BCUT2D eigenvalue weighted by Crippen LogP contribution is 2.31. The molecule has 0 bridgehead atoms. The van der Waals surface area contributed by atoms with E-state index in [4.69, 9.17) is 4.74 Å². The Balaban J connectivity index is 1.58. The molecule has 0 aliphatic carbocycles. The molecule has 0 saturated carbocycles. The predicted molar refractivity (Wildman–Crippen MR) is 126 cm³/mol. The van der Waals surface area contributed by atoms with Gasteiger partial charge in [0.2, 0.25) is 5.91 Å². The summed E-state index contributed by atoms with van der Waals surface area (Å²) in [7, 11) is 1.64. The summed E-state index contributed by atoms with van der Waals surface area (Å²) >= 11 is 2.96. The van der Waals surface area contributed by atoms with Gasteiger partial charge in [-0.1, -0.05) is 36.0 Å². The van der Waals surface area contributed by atoms with Gasteiger partial charge in [-0.25, -0.2) is 0 Å². The van der Waals surface area contributed by atoms with Crippen LogP contribution in [0.2, 0.25) is 0 Å². The number of para-hydroxylation sites is 1. The van der Waals surface area contributed by atoms with Gasteiger partial charge in [-0.15, -0.1) is 21.5 Å². The Kier molecular flexibility index (Phi) is 6.39. The van der Waals surface area contributed by atoms with E-state index in [1.807, 2.05) is 78.4 Å². The molecule has 0 saturated heterocycles. The van der Waals surface area contributed by atoms with Crippen LogP contribution in [0.4, 0.5) is 5.69 Å². The van der Waals surface area contributed by atoms with Gasteiger partial charge in [-0.2, -0.15) is 0 Å². The minimum Gasteiger partial charge on any atom is -0.497 e. The number of amides is 1. The number of nitrogens with zero attached hydrogens (tertiary/aromatic N) is 3. The van der Waals surface area contributed by atoms with E-state index in [0.717, 1.165) is 39.0 Å². The monoisotopic (exact) mass is 450 g/mol. The Labute approximate surface area is 189 Å². The third-order valence-electron chi connectivity index (χ3n) is 4.78. The van der Waals surface area contributed by atoms with Gasteiger partial charge in [0.05, 0.1) is 23.4 Å². The molecule has 2 aromatic carbocycles. The lowest BCUT2D eigenvalue weighted by Crippen LogP contribution is -2.16. The highest BCUT2D eigenvalue weighted by molar-refractivity contribution is 7.99. The second-order valence-electron chi connectivity index (χ2n) is 6.92. The first-order chi connectivity index (χ1) is 15.1. The van der Waals surface area contributed by atoms with Gasteiger partial charge in [-0.3, -0.25) is 9.36 Å². The summed E-state index contributed by atoms with van der Waals surface area (Å²) in [5, 5.41) is 14.5. The van der Waals surface area contributed by atoms with Crippen molar-refractivity contribution in [2.45, 2.75) is 19.0 Å². The second kappa shape index (κ2) is 9.36. The molecule has 0 aliphatic rings. The predicted octanol–water partition coefficient (Wildman–Crippen LogP) is 5.35. The van der Waals surface area contributed by atoms with Crippen molar-refractivity contribution >= 4 is 34.7 Å². The van der Waals surface area contributed by atoms with Crippen molar-refractivity contribution in [1.29, 1.82) is 0 Å². The van der Waals surface area contributed by atoms with E-state index in [9.17, 15) is 4.79 Å². The molecule has 0 unspecified atom stereocenters. The zero-order valence-electron chi connectivity index (χ0n) is 17.5. The number of carbonyl (C=O) groups excluding carboxylic acids is 1. The number of carbonyl (C=O) groups is 1. The van der Waals surface area contributed by atoms with Gasteiger partial charge in [0, 0.05) is 5.69 Å². The maximum Gasteiger partial charge on any atom is 0.234 e. The third kappa shape index (κ3) is 4.65. The fourth-order valence-corrected chi connectivity index (χ4v) is 4.66. The molecule has 2 aromatic heterocycles.